The molecule has 1 N–H and O–H groups in total. The van der Waals surface area contributed by atoms with Crippen LogP contribution in [0, 0.1) is 0 Å². The van der Waals surface area contributed by atoms with Gasteiger partial charge in [0.05, 0.1) is 18.9 Å². The third-order valence-electron chi connectivity index (χ3n) is 3.33. The molecule has 1 saturated heterocycles. The van der Waals surface area contributed by atoms with E-state index < -0.39 is 0 Å². The Morgan fingerprint density at radius 1 is 1.42 bits per heavy atom. The number of hydrogen-bond acceptors (Lipinski definition) is 5. The van der Waals surface area contributed by atoms with Crippen molar-refractivity contribution >= 4 is 22.1 Å². The fourth-order valence-electron chi connectivity index (χ4n) is 2.31. The Hall–Kier alpha value is -1.11. The molecule has 0 bridgehead atoms. The van der Waals surface area contributed by atoms with Gasteiger partial charge in [0, 0.05) is 37.3 Å². The Morgan fingerprint density at radius 2 is 2.21 bits per heavy atom. The molecule has 3 heterocycles. The summed E-state index contributed by atoms with van der Waals surface area (Å²) in [6.07, 6.45) is 2.11. The van der Waals surface area contributed by atoms with Gasteiger partial charge in [0.15, 0.2) is 10.8 Å². The molecule has 0 aromatic carbocycles. The van der Waals surface area contributed by atoms with Crippen LogP contribution in [0.1, 0.15) is 19.5 Å². The van der Waals surface area contributed by atoms with Gasteiger partial charge in [-0.15, -0.1) is 11.3 Å². The van der Waals surface area contributed by atoms with Crippen LogP contribution in [0.3, 0.4) is 0 Å². The van der Waals surface area contributed by atoms with Gasteiger partial charge >= 0.3 is 0 Å². The average Bonchev–Trinajstić information content (AvgIpc) is 2.98. The SMILES string of the molecule is CC(C)NCc1c(N2CCOCC2)nc2sccn12. The van der Waals surface area contributed by atoms with E-state index in [9.17, 15) is 0 Å². The maximum absolute atomic E-state index is 5.43. The van der Waals surface area contributed by atoms with Crippen molar-refractivity contribution < 1.29 is 4.74 Å². The summed E-state index contributed by atoms with van der Waals surface area (Å²) in [6, 6.07) is 0.474. The first-order valence-electron chi connectivity index (χ1n) is 6.76. The summed E-state index contributed by atoms with van der Waals surface area (Å²) in [5, 5.41) is 5.58. The standard InChI is InChI=1S/C13H20N4OS/c1-10(2)14-9-11-12(16-3-6-18-7-4-16)15-13-17(11)5-8-19-13/h5,8,10,14H,3-4,6-7,9H2,1-2H3. The summed E-state index contributed by atoms with van der Waals surface area (Å²) >= 11 is 1.69. The predicted molar refractivity (Wildman–Crippen MR) is 78.1 cm³/mol. The zero-order valence-electron chi connectivity index (χ0n) is 11.4. The molecule has 5 nitrogen and oxygen atoms in total. The van der Waals surface area contributed by atoms with Crippen molar-refractivity contribution in [3.63, 3.8) is 0 Å². The molecule has 3 rings (SSSR count). The van der Waals surface area contributed by atoms with Gasteiger partial charge < -0.3 is 15.0 Å². The molecule has 19 heavy (non-hydrogen) atoms. The highest BCUT2D eigenvalue weighted by Crippen LogP contribution is 2.25. The lowest BCUT2D eigenvalue weighted by molar-refractivity contribution is 0.122. The van der Waals surface area contributed by atoms with E-state index in [1.807, 2.05) is 0 Å². The first kappa shape index (κ1) is 12.9. The van der Waals surface area contributed by atoms with Crippen molar-refractivity contribution in [1.82, 2.24) is 14.7 Å². The minimum atomic E-state index is 0.474. The quantitative estimate of drug-likeness (QED) is 0.926. The van der Waals surface area contributed by atoms with Crippen molar-refractivity contribution in [3.05, 3.63) is 17.3 Å². The summed E-state index contributed by atoms with van der Waals surface area (Å²) in [4.78, 5) is 8.19. The number of thiazole rings is 1. The number of nitrogens with one attached hydrogen (secondary N) is 1. The number of anilines is 1. The van der Waals surface area contributed by atoms with E-state index in [-0.39, 0.29) is 0 Å². The summed E-state index contributed by atoms with van der Waals surface area (Å²) < 4.78 is 7.62. The average molecular weight is 280 g/mol. The molecule has 0 spiro atoms. The summed E-state index contributed by atoms with van der Waals surface area (Å²) in [5.74, 6) is 1.11. The lowest BCUT2D eigenvalue weighted by atomic mass is 10.3. The van der Waals surface area contributed by atoms with E-state index in [0.29, 0.717) is 6.04 Å². The van der Waals surface area contributed by atoms with Crippen molar-refractivity contribution in [3.8, 4) is 0 Å². The molecule has 104 valence electrons. The number of nitrogens with zero attached hydrogens (tertiary/aromatic N) is 3. The molecule has 2 aromatic rings. The zero-order valence-corrected chi connectivity index (χ0v) is 12.2. The van der Waals surface area contributed by atoms with Crippen LogP contribution in [0.15, 0.2) is 11.6 Å². The van der Waals surface area contributed by atoms with Gasteiger partial charge in [-0.1, -0.05) is 13.8 Å². The number of imidazole rings is 1. The fraction of sp³-hybridized carbons (Fsp3) is 0.615. The van der Waals surface area contributed by atoms with Crippen LogP contribution in [-0.4, -0.2) is 41.7 Å². The van der Waals surface area contributed by atoms with Gasteiger partial charge in [-0.05, 0) is 0 Å². The van der Waals surface area contributed by atoms with Gasteiger partial charge in [-0.25, -0.2) is 4.98 Å². The number of rotatable bonds is 4. The number of aromatic nitrogens is 2. The van der Waals surface area contributed by atoms with E-state index in [4.69, 9.17) is 9.72 Å². The molecule has 1 aliphatic heterocycles. The van der Waals surface area contributed by atoms with Crippen molar-refractivity contribution in [2.75, 3.05) is 31.2 Å². The normalized spacial score (nSPS) is 16.7. The molecule has 0 radical (unpaired) electrons. The lowest BCUT2D eigenvalue weighted by Crippen LogP contribution is -2.37. The van der Waals surface area contributed by atoms with Crippen LogP contribution in [-0.2, 0) is 11.3 Å². The number of morpholine rings is 1. The largest absolute Gasteiger partial charge is 0.378 e. The fourth-order valence-corrected chi connectivity index (χ4v) is 3.04. The van der Waals surface area contributed by atoms with Crippen LogP contribution in [0.5, 0.6) is 0 Å². The second kappa shape index (κ2) is 5.48. The smallest absolute Gasteiger partial charge is 0.195 e. The molecular formula is C13H20N4OS. The Labute approximate surface area is 117 Å². The van der Waals surface area contributed by atoms with E-state index in [1.54, 1.807) is 11.3 Å². The molecule has 0 aliphatic carbocycles. The number of fused-ring (bicyclic) bond motifs is 1. The minimum Gasteiger partial charge on any atom is -0.378 e. The molecule has 0 unspecified atom stereocenters. The van der Waals surface area contributed by atoms with Crippen LogP contribution in [0.2, 0.25) is 0 Å². The molecule has 0 amide bonds. The summed E-state index contributed by atoms with van der Waals surface area (Å²) in [7, 11) is 0. The second-order valence-corrected chi connectivity index (χ2v) is 5.95. The maximum atomic E-state index is 5.43. The summed E-state index contributed by atoms with van der Waals surface area (Å²) in [6.45, 7) is 8.63. The van der Waals surface area contributed by atoms with Crippen LogP contribution in [0.4, 0.5) is 5.82 Å². The van der Waals surface area contributed by atoms with E-state index in [1.165, 1.54) is 5.69 Å². The summed E-state index contributed by atoms with van der Waals surface area (Å²) in [5.41, 5.74) is 1.26. The van der Waals surface area contributed by atoms with Crippen molar-refractivity contribution in [1.29, 1.82) is 0 Å². The zero-order chi connectivity index (χ0) is 13.2. The molecule has 0 saturated carbocycles. The first-order valence-corrected chi connectivity index (χ1v) is 7.64. The van der Waals surface area contributed by atoms with Gasteiger partial charge in [0.25, 0.3) is 0 Å². The van der Waals surface area contributed by atoms with E-state index in [0.717, 1.165) is 43.6 Å². The molecule has 2 aromatic heterocycles. The van der Waals surface area contributed by atoms with Gasteiger partial charge in [-0.2, -0.15) is 0 Å². The number of ether oxygens (including phenoxy) is 1. The van der Waals surface area contributed by atoms with Gasteiger partial charge in [0.1, 0.15) is 0 Å². The van der Waals surface area contributed by atoms with E-state index >= 15 is 0 Å². The van der Waals surface area contributed by atoms with Crippen molar-refractivity contribution in [2.24, 2.45) is 0 Å². The maximum Gasteiger partial charge on any atom is 0.195 e. The molecule has 1 fully saturated rings. The first-order chi connectivity index (χ1) is 9.25. The molecule has 0 atom stereocenters. The number of hydrogen-bond donors (Lipinski definition) is 1. The van der Waals surface area contributed by atoms with Crippen molar-refractivity contribution in [2.45, 2.75) is 26.4 Å². The molecule has 1 aliphatic rings. The second-order valence-electron chi connectivity index (χ2n) is 5.07. The highest BCUT2D eigenvalue weighted by atomic mass is 32.1. The highest BCUT2D eigenvalue weighted by Gasteiger charge is 2.20. The van der Waals surface area contributed by atoms with Gasteiger partial charge in [0.2, 0.25) is 0 Å². The Kier molecular flexibility index (Phi) is 3.72. The van der Waals surface area contributed by atoms with Gasteiger partial charge in [-0.3, -0.25) is 4.40 Å². The molecular weight excluding hydrogens is 260 g/mol. The van der Waals surface area contributed by atoms with Crippen LogP contribution < -0.4 is 10.2 Å². The lowest BCUT2D eigenvalue weighted by Gasteiger charge is -2.28. The van der Waals surface area contributed by atoms with Crippen LogP contribution in [0.25, 0.3) is 4.96 Å². The van der Waals surface area contributed by atoms with E-state index in [2.05, 4.69) is 40.0 Å². The minimum absolute atomic E-state index is 0.474. The van der Waals surface area contributed by atoms with Crippen LogP contribution >= 0.6 is 11.3 Å². The Bertz CT molecular complexity index is 542. The topological polar surface area (TPSA) is 41.8 Å². The monoisotopic (exact) mass is 280 g/mol. The molecule has 6 heteroatoms. The predicted octanol–water partition coefficient (Wildman–Crippen LogP) is 1.73. The Balaban J connectivity index is 1.92. The Morgan fingerprint density at radius 3 is 2.95 bits per heavy atom. The third-order valence-corrected chi connectivity index (χ3v) is 4.08. The highest BCUT2D eigenvalue weighted by molar-refractivity contribution is 7.15. The third kappa shape index (κ3) is 2.61.